The van der Waals surface area contributed by atoms with Gasteiger partial charge in [-0.3, -0.25) is 4.79 Å². The molecule has 0 radical (unpaired) electrons. The van der Waals surface area contributed by atoms with Crippen molar-refractivity contribution in [1.82, 2.24) is 5.01 Å². The van der Waals surface area contributed by atoms with Crippen molar-refractivity contribution in [3.63, 3.8) is 0 Å². The zero-order valence-corrected chi connectivity index (χ0v) is 10.1. The molecule has 0 aromatic heterocycles. The summed E-state index contributed by atoms with van der Waals surface area (Å²) < 4.78 is 0. The van der Waals surface area contributed by atoms with Gasteiger partial charge < -0.3 is 0 Å². The molecule has 16 heavy (non-hydrogen) atoms. The molecular formula is C12H19N3O. The number of para-hydroxylation sites is 1. The fourth-order valence-corrected chi connectivity index (χ4v) is 0.864. The van der Waals surface area contributed by atoms with E-state index in [0.717, 1.165) is 16.3 Å². The third-order valence-corrected chi connectivity index (χ3v) is 1.57. The molecule has 4 nitrogen and oxygen atoms in total. The van der Waals surface area contributed by atoms with Crippen molar-refractivity contribution < 1.29 is 4.79 Å². The first kappa shape index (κ1) is 14.3. The van der Waals surface area contributed by atoms with E-state index >= 15 is 0 Å². The third kappa shape index (κ3) is 5.93. The monoisotopic (exact) mass is 221 g/mol. The van der Waals surface area contributed by atoms with Crippen molar-refractivity contribution in [3.8, 4) is 0 Å². The van der Waals surface area contributed by atoms with E-state index < -0.39 is 0 Å². The van der Waals surface area contributed by atoms with E-state index in [4.69, 9.17) is 5.84 Å². The van der Waals surface area contributed by atoms with Crippen molar-refractivity contribution in [1.29, 1.82) is 0 Å². The number of hydrogen-bond donors (Lipinski definition) is 1. The zero-order chi connectivity index (χ0) is 12.4. The van der Waals surface area contributed by atoms with Crippen LogP contribution in [0.4, 0.5) is 5.69 Å². The van der Waals surface area contributed by atoms with Crippen LogP contribution >= 0.6 is 0 Å². The van der Waals surface area contributed by atoms with Crippen LogP contribution in [0.5, 0.6) is 0 Å². The zero-order valence-electron chi connectivity index (χ0n) is 10.1. The molecule has 2 N–H and O–H groups in total. The van der Waals surface area contributed by atoms with E-state index in [1.807, 2.05) is 31.2 Å². The summed E-state index contributed by atoms with van der Waals surface area (Å²) in [4.78, 5) is 14.1. The number of benzene rings is 1. The second-order valence-corrected chi connectivity index (χ2v) is 3.29. The largest absolute Gasteiger partial charge is 0.277 e. The lowest BCUT2D eigenvalue weighted by Gasteiger charge is -2.01. The van der Waals surface area contributed by atoms with E-state index in [0.29, 0.717) is 6.41 Å². The van der Waals surface area contributed by atoms with Gasteiger partial charge in [0.05, 0.1) is 5.69 Å². The SMILES string of the molecule is CCC.Cc1ccccc1N=CN(N)C=O. The highest BCUT2D eigenvalue weighted by atomic mass is 16.1. The molecule has 0 aliphatic carbocycles. The van der Waals surface area contributed by atoms with Crippen molar-refractivity contribution >= 4 is 18.4 Å². The molecule has 0 fully saturated rings. The number of aryl methyl sites for hydroxylation is 1. The Kier molecular flexibility index (Phi) is 7.71. The Balaban J connectivity index is 0.000000673. The molecule has 0 unspecified atom stereocenters. The van der Waals surface area contributed by atoms with Crippen LogP contribution in [0.1, 0.15) is 25.8 Å². The minimum absolute atomic E-state index is 0.488. The first-order chi connectivity index (χ1) is 7.65. The maximum atomic E-state index is 10.1. The molecule has 0 heterocycles. The summed E-state index contributed by atoms with van der Waals surface area (Å²) in [7, 11) is 0. The van der Waals surface area contributed by atoms with Crippen LogP contribution in [-0.2, 0) is 4.79 Å². The third-order valence-electron chi connectivity index (χ3n) is 1.57. The number of rotatable bonds is 3. The van der Waals surface area contributed by atoms with Gasteiger partial charge in [0, 0.05) is 0 Å². The summed E-state index contributed by atoms with van der Waals surface area (Å²) >= 11 is 0. The van der Waals surface area contributed by atoms with Gasteiger partial charge in [0.1, 0.15) is 6.34 Å². The van der Waals surface area contributed by atoms with Gasteiger partial charge >= 0.3 is 0 Å². The number of aliphatic imine (C=N–C) groups is 1. The van der Waals surface area contributed by atoms with E-state index in [9.17, 15) is 4.79 Å². The average molecular weight is 221 g/mol. The number of hydrazine groups is 1. The fraction of sp³-hybridized carbons (Fsp3) is 0.333. The quantitative estimate of drug-likeness (QED) is 0.213. The summed E-state index contributed by atoms with van der Waals surface area (Å²) in [6.45, 7) is 6.19. The number of carbonyl (C=O) groups excluding carboxylic acids is 1. The Morgan fingerprint density at radius 2 is 1.94 bits per heavy atom. The minimum atomic E-state index is 0.488. The molecule has 1 aromatic rings. The predicted octanol–water partition coefficient (Wildman–Crippen LogP) is 2.40. The summed E-state index contributed by atoms with van der Waals surface area (Å²) in [5, 5.41) is 0.867. The average Bonchev–Trinajstić information content (AvgIpc) is 2.28. The Morgan fingerprint density at radius 3 is 2.44 bits per heavy atom. The summed E-state index contributed by atoms with van der Waals surface area (Å²) in [5.74, 6) is 5.19. The first-order valence-electron chi connectivity index (χ1n) is 5.23. The lowest BCUT2D eigenvalue weighted by Crippen LogP contribution is -2.27. The molecule has 1 aromatic carbocycles. The lowest BCUT2D eigenvalue weighted by atomic mass is 10.2. The number of carbonyl (C=O) groups is 1. The van der Waals surface area contributed by atoms with Crippen LogP contribution in [0.15, 0.2) is 29.3 Å². The Morgan fingerprint density at radius 1 is 1.38 bits per heavy atom. The number of nitrogens with two attached hydrogens (primary N) is 1. The van der Waals surface area contributed by atoms with Crippen LogP contribution in [-0.4, -0.2) is 17.8 Å². The minimum Gasteiger partial charge on any atom is -0.277 e. The molecule has 4 heteroatoms. The second kappa shape index (κ2) is 8.61. The molecule has 0 atom stereocenters. The van der Waals surface area contributed by atoms with Crippen LogP contribution in [0.2, 0.25) is 0 Å². The Hall–Kier alpha value is -1.68. The smallest absolute Gasteiger partial charge is 0.229 e. The Bertz CT molecular complexity index is 337. The van der Waals surface area contributed by atoms with Crippen LogP contribution in [0, 0.1) is 6.92 Å². The van der Waals surface area contributed by atoms with Gasteiger partial charge in [0.25, 0.3) is 0 Å². The first-order valence-corrected chi connectivity index (χ1v) is 5.23. The number of nitrogens with zero attached hydrogens (tertiary/aromatic N) is 2. The molecule has 0 spiro atoms. The normalized spacial score (nSPS) is 9.50. The van der Waals surface area contributed by atoms with Crippen molar-refractivity contribution in [2.75, 3.05) is 0 Å². The molecule has 0 aliphatic rings. The summed E-state index contributed by atoms with van der Waals surface area (Å²) in [5.41, 5.74) is 1.85. The van der Waals surface area contributed by atoms with Crippen LogP contribution in [0.3, 0.4) is 0 Å². The Labute approximate surface area is 96.8 Å². The summed E-state index contributed by atoms with van der Waals surface area (Å²) in [6.07, 6.45) is 3.01. The maximum absolute atomic E-state index is 10.1. The van der Waals surface area contributed by atoms with Crippen molar-refractivity contribution in [2.45, 2.75) is 27.2 Å². The molecule has 88 valence electrons. The van der Waals surface area contributed by atoms with Gasteiger partial charge in [-0.05, 0) is 18.6 Å². The molecule has 0 saturated carbocycles. The number of amides is 1. The molecule has 1 amide bonds. The van der Waals surface area contributed by atoms with E-state index in [1.54, 1.807) is 0 Å². The van der Waals surface area contributed by atoms with E-state index in [1.165, 1.54) is 12.8 Å². The van der Waals surface area contributed by atoms with Crippen molar-refractivity contribution in [3.05, 3.63) is 29.8 Å². The van der Waals surface area contributed by atoms with Crippen LogP contribution in [0.25, 0.3) is 0 Å². The standard InChI is InChI=1S/C9H11N3O.C3H8/c1-8-4-2-3-5-9(8)11-6-12(10)7-13;1-3-2/h2-7H,10H2,1H3;3H2,1-2H3. The van der Waals surface area contributed by atoms with E-state index in [2.05, 4.69) is 18.8 Å². The van der Waals surface area contributed by atoms with E-state index in [-0.39, 0.29) is 0 Å². The van der Waals surface area contributed by atoms with Gasteiger partial charge in [0.2, 0.25) is 6.41 Å². The van der Waals surface area contributed by atoms with Crippen molar-refractivity contribution in [2.24, 2.45) is 10.8 Å². The molecular weight excluding hydrogens is 202 g/mol. The highest BCUT2D eigenvalue weighted by molar-refractivity contribution is 5.73. The summed E-state index contributed by atoms with van der Waals surface area (Å²) in [6, 6.07) is 7.59. The van der Waals surface area contributed by atoms with Gasteiger partial charge in [-0.2, -0.15) is 0 Å². The predicted molar refractivity (Wildman–Crippen MR) is 67.4 cm³/mol. The molecule has 0 saturated heterocycles. The molecule has 1 rings (SSSR count). The van der Waals surface area contributed by atoms with Gasteiger partial charge in [-0.1, -0.05) is 38.5 Å². The molecule has 0 bridgehead atoms. The number of hydrogen-bond acceptors (Lipinski definition) is 3. The highest BCUT2D eigenvalue weighted by Gasteiger charge is 1.92. The van der Waals surface area contributed by atoms with Gasteiger partial charge in [-0.25, -0.2) is 15.8 Å². The second-order valence-electron chi connectivity index (χ2n) is 3.29. The van der Waals surface area contributed by atoms with Gasteiger partial charge in [-0.15, -0.1) is 0 Å². The fourth-order valence-electron chi connectivity index (χ4n) is 0.864. The topological polar surface area (TPSA) is 58.7 Å². The van der Waals surface area contributed by atoms with Crippen LogP contribution < -0.4 is 5.84 Å². The highest BCUT2D eigenvalue weighted by Crippen LogP contribution is 2.15. The molecule has 0 aliphatic heterocycles. The lowest BCUT2D eigenvalue weighted by molar-refractivity contribution is -0.114. The van der Waals surface area contributed by atoms with Gasteiger partial charge in [0.15, 0.2) is 0 Å². The maximum Gasteiger partial charge on any atom is 0.229 e.